The molecular weight excluding hydrogens is 372 g/mol. The van der Waals surface area contributed by atoms with Crippen LogP contribution in [0.3, 0.4) is 0 Å². The van der Waals surface area contributed by atoms with Crippen molar-refractivity contribution >= 4 is 51.5 Å². The van der Waals surface area contributed by atoms with Gasteiger partial charge < -0.3 is 10.5 Å². The van der Waals surface area contributed by atoms with Crippen LogP contribution in [0.1, 0.15) is 0 Å². The van der Waals surface area contributed by atoms with Crippen molar-refractivity contribution < 1.29 is 4.74 Å². The first kappa shape index (κ1) is 12.8. The molecule has 2 N–H and O–H groups in total. The molecule has 17 heavy (non-hydrogen) atoms. The Labute approximate surface area is 123 Å². The third-order valence-electron chi connectivity index (χ3n) is 2.08. The Morgan fingerprint density at radius 1 is 1.06 bits per heavy atom. The Balaban J connectivity index is 2.33. The Bertz CT molecular complexity index is 560. The molecule has 0 aliphatic rings. The predicted octanol–water partition coefficient (Wildman–Crippen LogP) is 4.97. The maximum atomic E-state index is 5.91. The molecule has 5 heteroatoms. The summed E-state index contributed by atoms with van der Waals surface area (Å²) in [6.07, 6.45) is 0. The van der Waals surface area contributed by atoms with E-state index in [9.17, 15) is 0 Å². The van der Waals surface area contributed by atoms with E-state index in [0.717, 1.165) is 3.57 Å². The lowest BCUT2D eigenvalue weighted by molar-refractivity contribution is 0.485. The number of hydrogen-bond acceptors (Lipinski definition) is 2. The van der Waals surface area contributed by atoms with Crippen molar-refractivity contribution in [2.45, 2.75) is 0 Å². The Morgan fingerprint density at radius 3 is 2.47 bits per heavy atom. The summed E-state index contributed by atoms with van der Waals surface area (Å²) in [5.41, 5.74) is 6.26. The monoisotopic (exact) mass is 379 g/mol. The number of nitrogen functional groups attached to an aromatic ring is 1. The highest BCUT2D eigenvalue weighted by Gasteiger charge is 2.07. The zero-order chi connectivity index (χ0) is 12.4. The molecule has 0 spiro atoms. The second-order valence-corrected chi connectivity index (χ2v) is 5.42. The molecule has 0 saturated heterocycles. The van der Waals surface area contributed by atoms with Gasteiger partial charge in [0.1, 0.15) is 5.75 Å². The summed E-state index contributed by atoms with van der Waals surface area (Å²) in [7, 11) is 0. The minimum atomic E-state index is 0.416. The summed E-state index contributed by atoms with van der Waals surface area (Å²) in [5, 5.41) is 0.834. The molecule has 0 unspecified atom stereocenters. The molecule has 0 atom stereocenters. The van der Waals surface area contributed by atoms with Gasteiger partial charge in [-0.05, 0) is 46.9 Å². The Hall–Kier alpha value is -0.650. The number of anilines is 1. The molecule has 0 radical (unpaired) electrons. The molecule has 2 aromatic rings. The van der Waals surface area contributed by atoms with Gasteiger partial charge in [-0.2, -0.15) is 0 Å². The fourth-order valence-corrected chi connectivity index (χ4v) is 2.13. The lowest BCUT2D eigenvalue weighted by atomic mass is 10.3. The Kier molecular flexibility index (Phi) is 4.01. The van der Waals surface area contributed by atoms with Crippen LogP contribution in [0.4, 0.5) is 5.69 Å². The fraction of sp³-hybridized carbons (Fsp3) is 0. The zero-order valence-electron chi connectivity index (χ0n) is 8.58. The van der Waals surface area contributed by atoms with Crippen LogP contribution in [0.5, 0.6) is 11.5 Å². The van der Waals surface area contributed by atoms with Crippen LogP contribution >= 0.6 is 45.8 Å². The first-order chi connectivity index (χ1) is 8.06. The van der Waals surface area contributed by atoms with Gasteiger partial charge in [0, 0.05) is 9.64 Å². The highest BCUT2D eigenvalue weighted by molar-refractivity contribution is 14.1. The third kappa shape index (κ3) is 3.18. The van der Waals surface area contributed by atoms with Gasteiger partial charge in [0.2, 0.25) is 0 Å². The standard InChI is InChI=1S/C12H8Cl2INO/c13-9-5-11(16)12(6-10(9)14)17-8-3-1-2-7(15)4-8/h1-6H,16H2. The van der Waals surface area contributed by atoms with E-state index in [-0.39, 0.29) is 0 Å². The summed E-state index contributed by atoms with van der Waals surface area (Å²) >= 11 is 14.0. The number of halogens is 3. The number of rotatable bonds is 2. The molecule has 0 bridgehead atoms. The van der Waals surface area contributed by atoms with Crippen LogP contribution in [0.15, 0.2) is 36.4 Å². The van der Waals surface area contributed by atoms with Crippen LogP contribution in [0.2, 0.25) is 10.0 Å². The van der Waals surface area contributed by atoms with E-state index in [1.807, 2.05) is 24.3 Å². The number of benzene rings is 2. The minimum Gasteiger partial charge on any atom is -0.455 e. The van der Waals surface area contributed by atoms with Crippen LogP contribution in [-0.4, -0.2) is 0 Å². The van der Waals surface area contributed by atoms with Gasteiger partial charge in [0.15, 0.2) is 5.75 Å². The van der Waals surface area contributed by atoms with Crippen molar-refractivity contribution in [3.8, 4) is 11.5 Å². The summed E-state index contributed by atoms with van der Waals surface area (Å²) in [6, 6.07) is 10.8. The quantitative estimate of drug-likeness (QED) is 0.590. The molecule has 0 aromatic heterocycles. The van der Waals surface area contributed by atoms with Crippen molar-refractivity contribution in [2.75, 3.05) is 5.73 Å². The van der Waals surface area contributed by atoms with E-state index in [0.29, 0.717) is 27.2 Å². The van der Waals surface area contributed by atoms with Crippen molar-refractivity contribution in [1.82, 2.24) is 0 Å². The van der Waals surface area contributed by atoms with Crippen LogP contribution < -0.4 is 10.5 Å². The van der Waals surface area contributed by atoms with Gasteiger partial charge in [-0.15, -0.1) is 0 Å². The van der Waals surface area contributed by atoms with Crippen molar-refractivity contribution in [1.29, 1.82) is 0 Å². The van der Waals surface area contributed by atoms with Gasteiger partial charge in [0.25, 0.3) is 0 Å². The SMILES string of the molecule is Nc1cc(Cl)c(Cl)cc1Oc1cccc(I)c1. The predicted molar refractivity (Wildman–Crippen MR) is 80.1 cm³/mol. The van der Waals surface area contributed by atoms with Crippen molar-refractivity contribution in [3.63, 3.8) is 0 Å². The highest BCUT2D eigenvalue weighted by atomic mass is 127. The normalized spacial score (nSPS) is 10.3. The molecule has 2 aromatic carbocycles. The van der Waals surface area contributed by atoms with Crippen molar-refractivity contribution in [3.05, 3.63) is 50.0 Å². The molecule has 2 rings (SSSR count). The lowest BCUT2D eigenvalue weighted by Crippen LogP contribution is -1.92. The molecule has 0 aliphatic carbocycles. The molecule has 0 amide bonds. The second kappa shape index (κ2) is 5.33. The van der Waals surface area contributed by atoms with Gasteiger partial charge in [-0.3, -0.25) is 0 Å². The molecule has 0 aliphatic heterocycles. The van der Waals surface area contributed by atoms with E-state index in [1.54, 1.807) is 12.1 Å². The van der Waals surface area contributed by atoms with E-state index in [2.05, 4.69) is 22.6 Å². The van der Waals surface area contributed by atoms with Gasteiger partial charge >= 0.3 is 0 Å². The average Bonchev–Trinajstić information content (AvgIpc) is 2.26. The first-order valence-electron chi connectivity index (χ1n) is 4.74. The number of hydrogen-bond donors (Lipinski definition) is 1. The van der Waals surface area contributed by atoms with Gasteiger partial charge in [-0.1, -0.05) is 29.3 Å². The molecular formula is C12H8Cl2INO. The van der Waals surface area contributed by atoms with Gasteiger partial charge in [-0.25, -0.2) is 0 Å². The number of nitrogens with two attached hydrogens (primary N) is 1. The molecule has 88 valence electrons. The maximum Gasteiger partial charge on any atom is 0.151 e. The highest BCUT2D eigenvalue weighted by Crippen LogP contribution is 2.35. The van der Waals surface area contributed by atoms with Crippen molar-refractivity contribution in [2.24, 2.45) is 0 Å². The average molecular weight is 380 g/mol. The zero-order valence-corrected chi connectivity index (χ0v) is 12.3. The van der Waals surface area contributed by atoms with Crippen LogP contribution in [-0.2, 0) is 0 Å². The second-order valence-electron chi connectivity index (χ2n) is 3.36. The minimum absolute atomic E-state index is 0.416. The molecule has 0 heterocycles. The molecule has 0 saturated carbocycles. The summed E-state index contributed by atoms with van der Waals surface area (Å²) in [4.78, 5) is 0. The third-order valence-corrected chi connectivity index (χ3v) is 3.47. The Morgan fingerprint density at radius 2 is 1.76 bits per heavy atom. The first-order valence-corrected chi connectivity index (χ1v) is 6.57. The van der Waals surface area contributed by atoms with Gasteiger partial charge in [0.05, 0.1) is 15.7 Å². The maximum absolute atomic E-state index is 5.91. The number of ether oxygens (including phenoxy) is 1. The van der Waals surface area contributed by atoms with E-state index in [4.69, 9.17) is 33.7 Å². The van der Waals surface area contributed by atoms with E-state index in [1.165, 1.54) is 0 Å². The fourth-order valence-electron chi connectivity index (χ4n) is 1.29. The van der Waals surface area contributed by atoms with E-state index < -0.39 is 0 Å². The van der Waals surface area contributed by atoms with E-state index >= 15 is 0 Å². The summed E-state index contributed by atoms with van der Waals surface area (Å²) < 4.78 is 6.74. The van der Waals surface area contributed by atoms with Crippen LogP contribution in [0.25, 0.3) is 0 Å². The smallest absolute Gasteiger partial charge is 0.151 e. The summed E-state index contributed by atoms with van der Waals surface area (Å²) in [6.45, 7) is 0. The summed E-state index contributed by atoms with van der Waals surface area (Å²) in [5.74, 6) is 1.21. The lowest BCUT2D eigenvalue weighted by Gasteiger charge is -2.09. The molecule has 2 nitrogen and oxygen atoms in total. The van der Waals surface area contributed by atoms with Crippen LogP contribution in [0, 0.1) is 3.57 Å². The topological polar surface area (TPSA) is 35.2 Å². The largest absolute Gasteiger partial charge is 0.455 e. The molecule has 0 fully saturated rings.